The standard InChI is InChI=1S/C22H21ClN4OS/c1-15-18(23)7-4-8-19(15)25-21(28)14-29-22-24-11-9-20(26-22)27-12-10-16-5-2-3-6-17(16)13-27/h2-9,11H,10,12-14H2,1H3,(H,25,28). The third-order valence-electron chi connectivity index (χ3n) is 4.95. The molecule has 1 N–H and O–H groups in total. The highest BCUT2D eigenvalue weighted by atomic mass is 35.5. The Bertz CT molecular complexity index is 1040. The smallest absolute Gasteiger partial charge is 0.234 e. The lowest BCUT2D eigenvalue weighted by atomic mass is 10.00. The van der Waals surface area contributed by atoms with Crippen LogP contribution in [0.2, 0.25) is 5.02 Å². The first-order valence-electron chi connectivity index (χ1n) is 9.43. The molecule has 1 amide bonds. The number of anilines is 2. The molecule has 7 heteroatoms. The molecule has 1 aromatic heterocycles. The molecule has 148 valence electrons. The Morgan fingerprint density at radius 2 is 2.00 bits per heavy atom. The van der Waals surface area contributed by atoms with E-state index in [-0.39, 0.29) is 11.7 Å². The molecule has 0 fully saturated rings. The zero-order chi connectivity index (χ0) is 20.2. The molecular formula is C22H21ClN4OS. The van der Waals surface area contributed by atoms with E-state index in [1.54, 1.807) is 12.3 Å². The highest BCUT2D eigenvalue weighted by Gasteiger charge is 2.17. The summed E-state index contributed by atoms with van der Waals surface area (Å²) in [6.07, 6.45) is 2.76. The number of benzene rings is 2. The van der Waals surface area contributed by atoms with Gasteiger partial charge in [-0.3, -0.25) is 4.79 Å². The fourth-order valence-corrected chi connectivity index (χ4v) is 4.13. The third kappa shape index (κ3) is 4.71. The Hall–Kier alpha value is -2.57. The lowest BCUT2D eigenvalue weighted by Crippen LogP contribution is -2.31. The van der Waals surface area contributed by atoms with Crippen molar-refractivity contribution in [2.24, 2.45) is 0 Å². The van der Waals surface area contributed by atoms with Gasteiger partial charge in [-0.05, 0) is 48.2 Å². The molecule has 29 heavy (non-hydrogen) atoms. The van der Waals surface area contributed by atoms with Crippen molar-refractivity contribution in [3.05, 3.63) is 76.4 Å². The Morgan fingerprint density at radius 3 is 2.86 bits per heavy atom. The number of aromatic nitrogens is 2. The van der Waals surface area contributed by atoms with E-state index in [2.05, 4.69) is 44.5 Å². The minimum Gasteiger partial charge on any atom is -0.352 e. The summed E-state index contributed by atoms with van der Waals surface area (Å²) in [7, 11) is 0. The van der Waals surface area contributed by atoms with Gasteiger partial charge >= 0.3 is 0 Å². The molecule has 3 aromatic rings. The fourth-order valence-electron chi connectivity index (χ4n) is 3.33. The summed E-state index contributed by atoms with van der Waals surface area (Å²) in [4.78, 5) is 23.6. The van der Waals surface area contributed by atoms with Crippen molar-refractivity contribution in [1.82, 2.24) is 9.97 Å². The first-order chi connectivity index (χ1) is 14.1. The molecule has 0 saturated heterocycles. The van der Waals surface area contributed by atoms with Crippen LogP contribution in [0.5, 0.6) is 0 Å². The van der Waals surface area contributed by atoms with Crippen molar-refractivity contribution in [2.45, 2.75) is 25.0 Å². The number of hydrogen-bond acceptors (Lipinski definition) is 5. The third-order valence-corrected chi connectivity index (χ3v) is 6.22. The van der Waals surface area contributed by atoms with Gasteiger partial charge in [0, 0.05) is 30.0 Å². The second kappa shape index (κ2) is 8.84. The number of hydrogen-bond donors (Lipinski definition) is 1. The van der Waals surface area contributed by atoms with Crippen LogP contribution in [-0.2, 0) is 17.8 Å². The number of nitrogens with zero attached hydrogens (tertiary/aromatic N) is 3. The zero-order valence-electron chi connectivity index (χ0n) is 16.1. The molecule has 2 aromatic carbocycles. The Balaban J connectivity index is 1.38. The Kier molecular flexibility index (Phi) is 6.02. The number of amides is 1. The predicted octanol–water partition coefficient (Wildman–Crippen LogP) is 4.73. The van der Waals surface area contributed by atoms with Crippen LogP contribution in [0.4, 0.5) is 11.5 Å². The van der Waals surface area contributed by atoms with Crippen LogP contribution in [0.1, 0.15) is 16.7 Å². The summed E-state index contributed by atoms with van der Waals surface area (Å²) in [5, 5.41) is 4.13. The summed E-state index contributed by atoms with van der Waals surface area (Å²) in [5.41, 5.74) is 4.32. The van der Waals surface area contributed by atoms with Crippen LogP contribution >= 0.6 is 23.4 Å². The first-order valence-corrected chi connectivity index (χ1v) is 10.8. The number of carbonyl (C=O) groups excluding carboxylic acids is 1. The van der Waals surface area contributed by atoms with E-state index in [1.807, 2.05) is 25.1 Å². The summed E-state index contributed by atoms with van der Waals surface area (Å²) >= 11 is 7.44. The van der Waals surface area contributed by atoms with Gasteiger partial charge in [-0.2, -0.15) is 0 Å². The molecule has 4 rings (SSSR count). The van der Waals surface area contributed by atoms with E-state index in [9.17, 15) is 4.79 Å². The van der Waals surface area contributed by atoms with Gasteiger partial charge in [-0.15, -0.1) is 0 Å². The van der Waals surface area contributed by atoms with Crippen molar-refractivity contribution in [3.8, 4) is 0 Å². The van der Waals surface area contributed by atoms with Gasteiger partial charge in [0.2, 0.25) is 5.91 Å². The minimum absolute atomic E-state index is 0.110. The van der Waals surface area contributed by atoms with E-state index in [4.69, 9.17) is 11.6 Å². The monoisotopic (exact) mass is 424 g/mol. The molecule has 2 heterocycles. The van der Waals surface area contributed by atoms with Crippen LogP contribution in [-0.4, -0.2) is 28.2 Å². The number of carbonyl (C=O) groups is 1. The van der Waals surface area contributed by atoms with Crippen molar-refractivity contribution in [1.29, 1.82) is 0 Å². The van der Waals surface area contributed by atoms with E-state index in [0.29, 0.717) is 10.2 Å². The van der Waals surface area contributed by atoms with Gasteiger partial charge in [0.05, 0.1) is 5.75 Å². The van der Waals surface area contributed by atoms with Crippen molar-refractivity contribution in [3.63, 3.8) is 0 Å². The molecule has 0 bridgehead atoms. The van der Waals surface area contributed by atoms with Crippen LogP contribution < -0.4 is 10.2 Å². The number of thioether (sulfide) groups is 1. The summed E-state index contributed by atoms with van der Waals surface area (Å²) < 4.78 is 0. The Labute approximate surface area is 179 Å². The van der Waals surface area contributed by atoms with Crippen molar-refractivity contribution < 1.29 is 4.79 Å². The SMILES string of the molecule is Cc1c(Cl)cccc1NC(=O)CSc1nccc(N2CCc3ccccc3C2)n1. The number of nitrogens with one attached hydrogen (secondary N) is 1. The Morgan fingerprint density at radius 1 is 1.17 bits per heavy atom. The maximum Gasteiger partial charge on any atom is 0.234 e. The molecule has 1 aliphatic rings. The van der Waals surface area contributed by atoms with Crippen LogP contribution in [0.3, 0.4) is 0 Å². The molecule has 0 spiro atoms. The molecular weight excluding hydrogens is 404 g/mol. The minimum atomic E-state index is -0.110. The normalized spacial score (nSPS) is 13.1. The summed E-state index contributed by atoms with van der Waals surface area (Å²) in [6, 6.07) is 15.9. The molecule has 0 unspecified atom stereocenters. The number of halogens is 1. The van der Waals surface area contributed by atoms with E-state index in [0.717, 1.165) is 36.6 Å². The molecule has 1 aliphatic heterocycles. The molecule has 0 saturated carbocycles. The highest BCUT2D eigenvalue weighted by Crippen LogP contribution is 2.25. The van der Waals surface area contributed by atoms with Crippen molar-refractivity contribution >= 4 is 40.8 Å². The molecule has 0 aliphatic carbocycles. The topological polar surface area (TPSA) is 58.1 Å². The predicted molar refractivity (Wildman–Crippen MR) is 119 cm³/mol. The van der Waals surface area contributed by atoms with Gasteiger partial charge in [0.15, 0.2) is 5.16 Å². The fraction of sp³-hybridized carbons (Fsp3) is 0.227. The average Bonchev–Trinajstić information content (AvgIpc) is 2.75. The lowest BCUT2D eigenvalue weighted by Gasteiger charge is -2.29. The van der Waals surface area contributed by atoms with E-state index >= 15 is 0 Å². The van der Waals surface area contributed by atoms with Gasteiger partial charge in [0.1, 0.15) is 5.82 Å². The zero-order valence-corrected chi connectivity index (χ0v) is 17.6. The highest BCUT2D eigenvalue weighted by molar-refractivity contribution is 7.99. The second-order valence-electron chi connectivity index (χ2n) is 6.89. The van der Waals surface area contributed by atoms with E-state index < -0.39 is 0 Å². The van der Waals surface area contributed by atoms with Gasteiger partial charge < -0.3 is 10.2 Å². The quantitative estimate of drug-likeness (QED) is 0.474. The van der Waals surface area contributed by atoms with Crippen LogP contribution in [0, 0.1) is 6.92 Å². The van der Waals surface area contributed by atoms with Gasteiger partial charge in [-0.25, -0.2) is 9.97 Å². The molecule has 0 radical (unpaired) electrons. The maximum absolute atomic E-state index is 12.3. The van der Waals surface area contributed by atoms with Gasteiger partial charge in [0.25, 0.3) is 0 Å². The maximum atomic E-state index is 12.3. The largest absolute Gasteiger partial charge is 0.352 e. The summed E-state index contributed by atoms with van der Waals surface area (Å²) in [5.74, 6) is 1.02. The van der Waals surface area contributed by atoms with Crippen LogP contribution in [0.25, 0.3) is 0 Å². The molecule has 0 atom stereocenters. The van der Waals surface area contributed by atoms with Gasteiger partial charge in [-0.1, -0.05) is 53.7 Å². The van der Waals surface area contributed by atoms with E-state index in [1.165, 1.54) is 22.9 Å². The number of rotatable bonds is 5. The summed E-state index contributed by atoms with van der Waals surface area (Å²) in [6.45, 7) is 3.65. The molecule has 5 nitrogen and oxygen atoms in total. The first kappa shape index (κ1) is 19.7. The second-order valence-corrected chi connectivity index (χ2v) is 8.24. The van der Waals surface area contributed by atoms with Crippen molar-refractivity contribution in [2.75, 3.05) is 22.5 Å². The lowest BCUT2D eigenvalue weighted by molar-refractivity contribution is -0.113. The number of fused-ring (bicyclic) bond motifs is 1. The average molecular weight is 425 g/mol. The van der Waals surface area contributed by atoms with Crippen LogP contribution in [0.15, 0.2) is 59.9 Å².